The van der Waals surface area contributed by atoms with Gasteiger partial charge in [-0.05, 0) is 43.3 Å². The van der Waals surface area contributed by atoms with E-state index >= 15 is 0 Å². The van der Waals surface area contributed by atoms with Crippen molar-refractivity contribution in [3.8, 4) is 5.75 Å². The molecule has 130 valence electrons. The Morgan fingerprint density at radius 1 is 1.00 bits per heavy atom. The van der Waals surface area contributed by atoms with Crippen LogP contribution in [0.4, 0.5) is 5.69 Å². The van der Waals surface area contributed by atoms with Crippen molar-refractivity contribution < 1.29 is 23.9 Å². The van der Waals surface area contributed by atoms with Crippen LogP contribution in [-0.4, -0.2) is 31.4 Å². The summed E-state index contributed by atoms with van der Waals surface area (Å²) in [5.74, 6) is -0.726. The summed E-state index contributed by atoms with van der Waals surface area (Å²) < 4.78 is 9.98. The minimum absolute atomic E-state index is 0.233. The van der Waals surface area contributed by atoms with E-state index in [1.54, 1.807) is 55.5 Å². The number of carbonyl (C=O) groups is 3. The van der Waals surface area contributed by atoms with Crippen LogP contribution in [0.25, 0.3) is 0 Å². The first-order chi connectivity index (χ1) is 12.0. The van der Waals surface area contributed by atoms with Crippen molar-refractivity contribution in [2.24, 2.45) is 0 Å². The van der Waals surface area contributed by atoms with E-state index in [2.05, 4.69) is 5.32 Å². The summed E-state index contributed by atoms with van der Waals surface area (Å²) in [5, 5.41) is 2.59. The number of ether oxygens (including phenoxy) is 2. The fraction of sp³-hybridized carbons (Fsp3) is 0.211. The maximum atomic E-state index is 12.2. The number of methoxy groups -OCH3 is 1. The zero-order valence-electron chi connectivity index (χ0n) is 14.1. The van der Waals surface area contributed by atoms with Crippen LogP contribution in [-0.2, 0) is 9.53 Å². The number of amides is 1. The third-order valence-corrected chi connectivity index (χ3v) is 3.43. The van der Waals surface area contributed by atoms with E-state index in [1.807, 2.05) is 0 Å². The molecule has 2 aromatic rings. The number of rotatable bonds is 7. The van der Waals surface area contributed by atoms with Crippen LogP contribution in [0, 0.1) is 0 Å². The molecule has 0 aliphatic heterocycles. The van der Waals surface area contributed by atoms with Gasteiger partial charge in [0, 0.05) is 5.56 Å². The highest BCUT2D eigenvalue weighted by molar-refractivity contribution is 6.12. The van der Waals surface area contributed by atoms with Gasteiger partial charge in [-0.1, -0.05) is 12.1 Å². The van der Waals surface area contributed by atoms with Crippen LogP contribution in [0.3, 0.4) is 0 Å². The topological polar surface area (TPSA) is 81.7 Å². The lowest BCUT2D eigenvalue weighted by atomic mass is 10.1. The average Bonchev–Trinajstić information content (AvgIpc) is 2.62. The van der Waals surface area contributed by atoms with E-state index < -0.39 is 11.9 Å². The molecule has 0 bridgehead atoms. The van der Waals surface area contributed by atoms with Gasteiger partial charge in [0.1, 0.15) is 5.75 Å². The second-order valence-electron chi connectivity index (χ2n) is 5.14. The summed E-state index contributed by atoms with van der Waals surface area (Å²) in [6, 6.07) is 13.0. The second-order valence-corrected chi connectivity index (χ2v) is 5.14. The van der Waals surface area contributed by atoms with Crippen LogP contribution in [0.15, 0.2) is 48.5 Å². The molecule has 1 amide bonds. The highest BCUT2D eigenvalue weighted by Crippen LogP contribution is 2.17. The number of esters is 1. The molecular weight excluding hydrogens is 322 g/mol. The Hall–Kier alpha value is -3.15. The summed E-state index contributed by atoms with van der Waals surface area (Å²) in [5.41, 5.74) is 0.970. The molecule has 0 unspecified atom stereocenters. The number of ketones is 1. The quantitative estimate of drug-likeness (QED) is 0.475. The summed E-state index contributed by atoms with van der Waals surface area (Å²) >= 11 is 0. The Balaban J connectivity index is 2.04. The van der Waals surface area contributed by atoms with Gasteiger partial charge in [0.2, 0.25) is 5.91 Å². The number of Topliss-reactive ketones (excluding diaryl/α,β-unsaturated/α-hetero) is 1. The normalized spacial score (nSPS) is 10.0. The molecule has 0 aromatic heterocycles. The van der Waals surface area contributed by atoms with Gasteiger partial charge in [-0.25, -0.2) is 4.79 Å². The zero-order chi connectivity index (χ0) is 18.2. The highest BCUT2D eigenvalue weighted by Gasteiger charge is 2.16. The molecule has 0 fully saturated rings. The summed E-state index contributed by atoms with van der Waals surface area (Å²) in [6.07, 6.45) is -0.330. The average molecular weight is 341 g/mol. The van der Waals surface area contributed by atoms with Crippen LogP contribution in [0.2, 0.25) is 0 Å². The molecule has 1 N–H and O–H groups in total. The summed E-state index contributed by atoms with van der Waals surface area (Å²) in [6.45, 7) is 1.93. The van der Waals surface area contributed by atoms with Crippen LogP contribution in [0.5, 0.6) is 5.75 Å². The molecular formula is C19H19NO5. The van der Waals surface area contributed by atoms with Gasteiger partial charge >= 0.3 is 5.97 Å². The van der Waals surface area contributed by atoms with Gasteiger partial charge in [0.25, 0.3) is 0 Å². The monoisotopic (exact) mass is 341 g/mol. The number of benzene rings is 2. The molecule has 0 saturated heterocycles. The van der Waals surface area contributed by atoms with Crippen molar-refractivity contribution in [3.05, 3.63) is 59.7 Å². The standard InChI is InChI=1S/C19H19NO5/c1-3-25-19(23)15-6-4-5-7-16(15)20-18(22)12-17(21)13-8-10-14(24-2)11-9-13/h4-11H,3,12H2,1-2H3,(H,20,22). The summed E-state index contributed by atoms with van der Waals surface area (Å²) in [7, 11) is 1.53. The van der Waals surface area contributed by atoms with E-state index in [0.29, 0.717) is 17.0 Å². The molecule has 0 aliphatic carbocycles. The SMILES string of the molecule is CCOC(=O)c1ccccc1NC(=O)CC(=O)c1ccc(OC)cc1. The Morgan fingerprint density at radius 2 is 1.68 bits per heavy atom. The molecule has 25 heavy (non-hydrogen) atoms. The number of hydrogen-bond donors (Lipinski definition) is 1. The minimum atomic E-state index is -0.528. The van der Waals surface area contributed by atoms with Crippen LogP contribution >= 0.6 is 0 Å². The number of carbonyl (C=O) groups excluding carboxylic acids is 3. The Labute approximate surface area is 145 Å². The molecule has 2 rings (SSSR count). The lowest BCUT2D eigenvalue weighted by Crippen LogP contribution is -2.19. The number of nitrogens with one attached hydrogen (secondary N) is 1. The first-order valence-electron chi connectivity index (χ1n) is 7.78. The fourth-order valence-electron chi connectivity index (χ4n) is 2.20. The predicted octanol–water partition coefficient (Wildman–Crippen LogP) is 3.08. The van der Waals surface area contributed by atoms with Gasteiger partial charge in [-0.2, -0.15) is 0 Å². The van der Waals surface area contributed by atoms with E-state index in [4.69, 9.17) is 9.47 Å². The van der Waals surface area contributed by atoms with E-state index in [9.17, 15) is 14.4 Å². The fourth-order valence-corrected chi connectivity index (χ4v) is 2.20. The molecule has 0 atom stereocenters. The molecule has 6 nitrogen and oxygen atoms in total. The first kappa shape index (κ1) is 18.2. The maximum Gasteiger partial charge on any atom is 0.340 e. The van der Waals surface area contributed by atoms with Crippen molar-refractivity contribution in [2.45, 2.75) is 13.3 Å². The second kappa shape index (κ2) is 8.63. The van der Waals surface area contributed by atoms with Crippen molar-refractivity contribution in [3.63, 3.8) is 0 Å². The molecule has 0 heterocycles. The Morgan fingerprint density at radius 3 is 2.32 bits per heavy atom. The Kier molecular flexibility index (Phi) is 6.28. The number of para-hydroxylation sites is 1. The van der Waals surface area contributed by atoms with E-state index in [0.717, 1.165) is 0 Å². The third-order valence-electron chi connectivity index (χ3n) is 3.43. The van der Waals surface area contributed by atoms with Crippen molar-refractivity contribution in [1.82, 2.24) is 0 Å². The smallest absolute Gasteiger partial charge is 0.340 e. The molecule has 0 radical (unpaired) electrons. The van der Waals surface area contributed by atoms with Gasteiger partial charge in [-0.3, -0.25) is 9.59 Å². The van der Waals surface area contributed by atoms with Gasteiger partial charge in [-0.15, -0.1) is 0 Å². The predicted molar refractivity (Wildman–Crippen MR) is 93.0 cm³/mol. The van der Waals surface area contributed by atoms with Crippen LogP contribution in [0.1, 0.15) is 34.1 Å². The largest absolute Gasteiger partial charge is 0.497 e. The van der Waals surface area contributed by atoms with Crippen molar-refractivity contribution >= 4 is 23.3 Å². The summed E-state index contributed by atoms with van der Waals surface area (Å²) in [4.78, 5) is 36.2. The van der Waals surface area contributed by atoms with Gasteiger partial charge in [0.05, 0.1) is 31.4 Å². The molecule has 0 aliphatic rings. The van der Waals surface area contributed by atoms with Gasteiger partial charge in [0.15, 0.2) is 5.78 Å². The number of hydrogen-bond acceptors (Lipinski definition) is 5. The molecule has 0 saturated carbocycles. The third kappa shape index (κ3) is 4.91. The van der Waals surface area contributed by atoms with Crippen LogP contribution < -0.4 is 10.1 Å². The van der Waals surface area contributed by atoms with Crippen molar-refractivity contribution in [1.29, 1.82) is 0 Å². The molecule has 0 spiro atoms. The lowest BCUT2D eigenvalue weighted by Gasteiger charge is -2.10. The van der Waals surface area contributed by atoms with Crippen molar-refractivity contribution in [2.75, 3.05) is 19.0 Å². The number of anilines is 1. The lowest BCUT2D eigenvalue weighted by molar-refractivity contribution is -0.115. The molecule has 2 aromatic carbocycles. The highest BCUT2D eigenvalue weighted by atomic mass is 16.5. The van der Waals surface area contributed by atoms with Gasteiger partial charge < -0.3 is 14.8 Å². The first-order valence-corrected chi connectivity index (χ1v) is 7.78. The van der Waals surface area contributed by atoms with E-state index in [1.165, 1.54) is 7.11 Å². The molecule has 6 heteroatoms. The maximum absolute atomic E-state index is 12.2. The zero-order valence-corrected chi connectivity index (χ0v) is 14.1. The van der Waals surface area contributed by atoms with E-state index in [-0.39, 0.29) is 24.4 Å². The minimum Gasteiger partial charge on any atom is -0.497 e. The Bertz CT molecular complexity index is 768.